The van der Waals surface area contributed by atoms with E-state index in [0.717, 1.165) is 60.0 Å². The number of anilines is 1. The van der Waals surface area contributed by atoms with E-state index in [1.54, 1.807) is 0 Å². The van der Waals surface area contributed by atoms with Crippen molar-refractivity contribution in [3.63, 3.8) is 0 Å². The minimum atomic E-state index is 0. The number of imidazole rings is 1. The van der Waals surface area contributed by atoms with Gasteiger partial charge in [-0.3, -0.25) is 9.88 Å². The maximum atomic E-state index is 5.76. The van der Waals surface area contributed by atoms with Crippen LogP contribution in [0.3, 0.4) is 0 Å². The summed E-state index contributed by atoms with van der Waals surface area (Å²) < 4.78 is 5.76. The van der Waals surface area contributed by atoms with Gasteiger partial charge in [-0.15, -0.1) is 0 Å². The number of H-pyrrole nitrogens is 1. The van der Waals surface area contributed by atoms with Crippen molar-refractivity contribution in [3.05, 3.63) is 48.0 Å². The van der Waals surface area contributed by atoms with E-state index in [4.69, 9.17) is 9.72 Å². The van der Waals surface area contributed by atoms with Crippen LogP contribution in [-0.4, -0.2) is 72.6 Å². The lowest BCUT2D eigenvalue weighted by molar-refractivity contribution is 0.154. The average molecular weight is 411 g/mol. The van der Waals surface area contributed by atoms with Gasteiger partial charge in [-0.25, -0.2) is 4.98 Å². The lowest BCUT2D eigenvalue weighted by Crippen LogP contribution is -2.30. The zero-order valence-electron chi connectivity index (χ0n) is 17.7. The number of ether oxygens (including phenoxy) is 1. The Kier molecular flexibility index (Phi) is 6.95. The molecule has 30 heavy (non-hydrogen) atoms. The summed E-state index contributed by atoms with van der Waals surface area (Å²) in [5.74, 6) is 1.87. The molecule has 0 amide bonds. The molecule has 1 atom stereocenters. The van der Waals surface area contributed by atoms with Crippen LogP contribution in [0, 0.1) is 0 Å². The van der Waals surface area contributed by atoms with Crippen molar-refractivity contribution in [2.45, 2.75) is 26.4 Å². The van der Waals surface area contributed by atoms with Crippen LogP contribution in [0.4, 0.5) is 5.69 Å². The number of nitrogens with one attached hydrogen (secondary N) is 1. The molecule has 162 valence electrons. The molecule has 0 aliphatic carbocycles. The molecule has 3 heterocycles. The van der Waals surface area contributed by atoms with Crippen molar-refractivity contribution in [1.29, 1.82) is 0 Å². The molecular formula is C23H34N6O. The van der Waals surface area contributed by atoms with Gasteiger partial charge in [0, 0.05) is 32.8 Å². The fourth-order valence-corrected chi connectivity index (χ4v) is 3.89. The number of benzene rings is 1. The summed E-state index contributed by atoms with van der Waals surface area (Å²) in [5.41, 5.74) is 4.28. The van der Waals surface area contributed by atoms with E-state index >= 15 is 0 Å². The first-order valence-electron chi connectivity index (χ1n) is 10.1. The molecule has 0 saturated heterocycles. The van der Waals surface area contributed by atoms with Crippen LogP contribution >= 0.6 is 0 Å². The molecule has 1 aromatic carbocycles. The number of aromatic amines is 1. The van der Waals surface area contributed by atoms with Crippen LogP contribution in [-0.2, 0) is 6.54 Å². The molecule has 1 aliphatic heterocycles. The molecular weight excluding hydrogens is 376 g/mol. The Hall–Kier alpha value is -2.64. The third-order valence-corrected chi connectivity index (χ3v) is 5.53. The number of pyridine rings is 1. The highest BCUT2D eigenvalue weighted by molar-refractivity contribution is 5.88. The molecule has 2 aromatic heterocycles. The maximum Gasteiger partial charge on any atom is 0.142 e. The molecule has 1 N–H and O–H groups in total. The first-order valence-corrected chi connectivity index (χ1v) is 10.1. The number of likely N-dealkylation sites (N-methyl/N-ethyl adjacent to an activating group) is 2. The summed E-state index contributed by atoms with van der Waals surface area (Å²) in [6, 6.07) is 10.5. The van der Waals surface area contributed by atoms with Crippen LogP contribution < -0.4 is 9.64 Å². The number of nitrogens with zero attached hydrogens (tertiary/aromatic N) is 5. The van der Waals surface area contributed by atoms with Gasteiger partial charge in [0.1, 0.15) is 17.1 Å². The van der Waals surface area contributed by atoms with E-state index in [1.807, 2.05) is 18.3 Å². The number of rotatable bonds is 7. The maximum absolute atomic E-state index is 5.76. The minimum absolute atomic E-state index is 0. The van der Waals surface area contributed by atoms with Gasteiger partial charge in [0.05, 0.1) is 36.1 Å². The summed E-state index contributed by atoms with van der Waals surface area (Å²) >= 11 is 0. The van der Waals surface area contributed by atoms with Crippen molar-refractivity contribution in [2.75, 3.05) is 52.8 Å². The molecule has 0 bridgehead atoms. The predicted octanol–water partition coefficient (Wildman–Crippen LogP) is 3.55. The number of hydrogen-bond acceptors (Lipinski definition) is 6. The summed E-state index contributed by atoms with van der Waals surface area (Å²) in [6.45, 7) is 3.41. The molecule has 0 radical (unpaired) electrons. The zero-order valence-corrected chi connectivity index (χ0v) is 17.7. The van der Waals surface area contributed by atoms with E-state index < -0.39 is 0 Å². The van der Waals surface area contributed by atoms with Gasteiger partial charge in [0.25, 0.3) is 0 Å². The fourth-order valence-electron chi connectivity index (χ4n) is 3.89. The van der Waals surface area contributed by atoms with E-state index in [-0.39, 0.29) is 13.5 Å². The Labute approximate surface area is 179 Å². The Morgan fingerprint density at radius 3 is 2.73 bits per heavy atom. The van der Waals surface area contributed by atoms with E-state index in [2.05, 4.69) is 71.1 Å². The SMILES string of the molecule is C.CN(C)CCN(C)c1cccc2[nH]c(CN(C)C3CCOc4cccnc43)nc12. The van der Waals surface area contributed by atoms with E-state index in [1.165, 1.54) is 0 Å². The third-order valence-electron chi connectivity index (χ3n) is 5.53. The van der Waals surface area contributed by atoms with Gasteiger partial charge < -0.3 is 19.5 Å². The molecule has 3 aromatic rings. The van der Waals surface area contributed by atoms with Crippen molar-refractivity contribution in [2.24, 2.45) is 0 Å². The quantitative estimate of drug-likeness (QED) is 0.643. The lowest BCUT2D eigenvalue weighted by Gasteiger charge is -2.31. The summed E-state index contributed by atoms with van der Waals surface area (Å²) in [5, 5.41) is 0. The Balaban J connectivity index is 0.00000256. The van der Waals surface area contributed by atoms with Crippen molar-refractivity contribution < 1.29 is 4.74 Å². The van der Waals surface area contributed by atoms with Gasteiger partial charge in [0.15, 0.2) is 0 Å². The molecule has 1 unspecified atom stereocenters. The van der Waals surface area contributed by atoms with Gasteiger partial charge in [-0.2, -0.15) is 0 Å². The molecule has 0 saturated carbocycles. The van der Waals surface area contributed by atoms with Crippen LogP contribution in [0.2, 0.25) is 0 Å². The second kappa shape index (κ2) is 9.45. The van der Waals surface area contributed by atoms with Gasteiger partial charge in [-0.05, 0) is 45.4 Å². The number of hydrogen-bond donors (Lipinski definition) is 1. The standard InChI is InChI=1S/C22H30N6O.CH4/c1-26(2)12-13-27(3)17-8-5-7-16-21(17)25-20(24-16)15-28(4)18-10-14-29-19-9-6-11-23-22(18)19;/h5-9,11,18H,10,12-15H2,1-4H3,(H,24,25);1H4. The van der Waals surface area contributed by atoms with Gasteiger partial charge in [0.2, 0.25) is 0 Å². The first kappa shape index (κ1) is 22.1. The summed E-state index contributed by atoms with van der Waals surface area (Å²) in [7, 11) is 8.45. The Morgan fingerprint density at radius 2 is 1.93 bits per heavy atom. The lowest BCUT2D eigenvalue weighted by atomic mass is 10.1. The van der Waals surface area contributed by atoms with Crippen molar-refractivity contribution >= 4 is 16.7 Å². The highest BCUT2D eigenvalue weighted by Gasteiger charge is 2.26. The minimum Gasteiger partial charge on any atom is -0.492 e. The van der Waals surface area contributed by atoms with E-state index in [9.17, 15) is 0 Å². The van der Waals surface area contributed by atoms with Crippen LogP contribution in [0.5, 0.6) is 5.75 Å². The molecule has 1 aliphatic rings. The first-order chi connectivity index (χ1) is 14.0. The second-order valence-electron chi connectivity index (χ2n) is 8.04. The third kappa shape index (κ3) is 4.57. The molecule has 0 spiro atoms. The van der Waals surface area contributed by atoms with Crippen LogP contribution in [0.25, 0.3) is 11.0 Å². The van der Waals surface area contributed by atoms with E-state index in [0.29, 0.717) is 6.61 Å². The number of para-hydroxylation sites is 1. The Morgan fingerprint density at radius 1 is 1.10 bits per heavy atom. The largest absolute Gasteiger partial charge is 0.492 e. The fraction of sp³-hybridized carbons (Fsp3) is 0.478. The average Bonchev–Trinajstić information content (AvgIpc) is 3.13. The number of fused-ring (bicyclic) bond motifs is 2. The van der Waals surface area contributed by atoms with Crippen molar-refractivity contribution in [1.82, 2.24) is 24.8 Å². The zero-order chi connectivity index (χ0) is 20.4. The summed E-state index contributed by atoms with van der Waals surface area (Å²) in [6.07, 6.45) is 2.77. The smallest absolute Gasteiger partial charge is 0.142 e. The molecule has 0 fully saturated rings. The highest BCUT2D eigenvalue weighted by atomic mass is 16.5. The molecule has 7 nitrogen and oxygen atoms in total. The monoisotopic (exact) mass is 410 g/mol. The highest BCUT2D eigenvalue weighted by Crippen LogP contribution is 2.34. The number of aromatic nitrogens is 3. The topological polar surface area (TPSA) is 60.5 Å². The second-order valence-corrected chi connectivity index (χ2v) is 8.04. The predicted molar refractivity (Wildman–Crippen MR) is 123 cm³/mol. The normalized spacial score (nSPS) is 15.7. The molecule has 7 heteroatoms. The van der Waals surface area contributed by atoms with Crippen LogP contribution in [0.15, 0.2) is 36.5 Å². The van der Waals surface area contributed by atoms with Crippen molar-refractivity contribution in [3.8, 4) is 5.75 Å². The van der Waals surface area contributed by atoms with Gasteiger partial charge >= 0.3 is 0 Å². The molecule has 4 rings (SSSR count). The van der Waals surface area contributed by atoms with Crippen LogP contribution in [0.1, 0.15) is 31.4 Å². The summed E-state index contributed by atoms with van der Waals surface area (Å²) in [4.78, 5) is 19.8. The Bertz CT molecular complexity index is 969. The van der Waals surface area contributed by atoms with Gasteiger partial charge in [-0.1, -0.05) is 13.5 Å².